The summed E-state index contributed by atoms with van der Waals surface area (Å²) in [7, 11) is 0. The number of benzene rings is 1. The Bertz CT molecular complexity index is 664. The van der Waals surface area contributed by atoms with Crippen LogP contribution in [0.25, 0.3) is 0 Å². The molecule has 5 nitrogen and oxygen atoms in total. The van der Waals surface area contributed by atoms with Crippen LogP contribution in [0.15, 0.2) is 28.9 Å². The zero-order chi connectivity index (χ0) is 14.7. The number of halogens is 2. The molecule has 2 aromatic rings. The molecule has 1 heterocycles. The predicted molar refractivity (Wildman–Crippen MR) is 72.4 cm³/mol. The highest BCUT2D eigenvalue weighted by Crippen LogP contribution is 2.33. The molecule has 0 aliphatic heterocycles. The van der Waals surface area contributed by atoms with E-state index in [1.807, 2.05) is 0 Å². The van der Waals surface area contributed by atoms with Crippen LogP contribution in [0.2, 0.25) is 0 Å². The summed E-state index contributed by atoms with van der Waals surface area (Å²) in [6.07, 6.45) is 1.40. The minimum absolute atomic E-state index is 0.0984. The number of hydrogen-bond acceptors (Lipinski definition) is 5. The van der Waals surface area contributed by atoms with E-state index < -0.39 is 11.6 Å². The van der Waals surface area contributed by atoms with Crippen molar-refractivity contribution in [3.05, 3.63) is 45.9 Å². The van der Waals surface area contributed by atoms with E-state index in [4.69, 9.17) is 4.74 Å². The van der Waals surface area contributed by atoms with E-state index in [1.54, 1.807) is 6.92 Å². The van der Waals surface area contributed by atoms with Crippen LogP contribution < -0.4 is 4.74 Å². The van der Waals surface area contributed by atoms with E-state index >= 15 is 0 Å². The lowest BCUT2D eigenvalue weighted by atomic mass is 10.1. The lowest BCUT2D eigenvalue weighted by Crippen LogP contribution is -2.14. The summed E-state index contributed by atoms with van der Waals surface area (Å²) >= 11 is 2.93. The smallest absolute Gasteiger partial charge is 0.202 e. The molecule has 0 amide bonds. The van der Waals surface area contributed by atoms with Gasteiger partial charge in [0, 0.05) is 5.56 Å². The van der Waals surface area contributed by atoms with Gasteiger partial charge in [-0.1, -0.05) is 0 Å². The number of hydrogen-bond donors (Lipinski definition) is 1. The largest absolute Gasteiger partial charge is 0.502 e. The van der Waals surface area contributed by atoms with Gasteiger partial charge in [-0.05, 0) is 41.1 Å². The molecule has 1 aromatic heterocycles. The number of Topliss-reactive ketones (excluding diaryl/α,β-unsaturated/α-hetero) is 1. The Kier molecular flexibility index (Phi) is 4.29. The first-order valence-corrected chi connectivity index (χ1v) is 6.41. The van der Waals surface area contributed by atoms with Crippen molar-refractivity contribution in [1.82, 2.24) is 10.2 Å². The van der Waals surface area contributed by atoms with Gasteiger partial charge in [-0.2, -0.15) is 10.2 Å². The predicted octanol–water partition coefficient (Wildman–Crippen LogP) is 2.65. The minimum atomic E-state index is -0.836. The number of rotatable bonds is 4. The van der Waals surface area contributed by atoms with Crippen molar-refractivity contribution in [2.24, 2.45) is 0 Å². The van der Waals surface area contributed by atoms with Crippen LogP contribution in [0.1, 0.15) is 16.1 Å². The van der Waals surface area contributed by atoms with Crippen molar-refractivity contribution in [2.75, 3.05) is 6.61 Å². The number of carbonyl (C=O) groups is 1. The van der Waals surface area contributed by atoms with Gasteiger partial charge in [-0.25, -0.2) is 4.39 Å². The maximum absolute atomic E-state index is 13.4. The highest BCUT2D eigenvalue weighted by Gasteiger charge is 2.15. The molecule has 104 valence electrons. The van der Waals surface area contributed by atoms with Crippen molar-refractivity contribution in [1.29, 1.82) is 0 Å². The second-order valence-electron chi connectivity index (χ2n) is 3.95. The van der Waals surface area contributed by atoms with Crippen LogP contribution >= 0.6 is 15.9 Å². The van der Waals surface area contributed by atoms with Gasteiger partial charge in [-0.3, -0.25) is 4.79 Å². The molecule has 1 aromatic carbocycles. The van der Waals surface area contributed by atoms with Gasteiger partial charge < -0.3 is 9.84 Å². The Hall–Kier alpha value is -2.02. The van der Waals surface area contributed by atoms with Crippen LogP contribution in [0.4, 0.5) is 4.39 Å². The summed E-state index contributed by atoms with van der Waals surface area (Å²) in [5.74, 6) is -1.91. The molecule has 0 saturated heterocycles. The quantitative estimate of drug-likeness (QED) is 0.866. The van der Waals surface area contributed by atoms with E-state index in [0.29, 0.717) is 11.3 Å². The topological polar surface area (TPSA) is 72.3 Å². The summed E-state index contributed by atoms with van der Waals surface area (Å²) in [5, 5.41) is 17.0. The summed E-state index contributed by atoms with van der Waals surface area (Å²) in [6.45, 7) is 1.32. The number of phenols is 1. The molecule has 0 atom stereocenters. The van der Waals surface area contributed by atoms with Crippen LogP contribution in [-0.4, -0.2) is 27.7 Å². The molecule has 20 heavy (non-hydrogen) atoms. The number of carbonyl (C=O) groups excluding carboxylic acids is 1. The number of aromatic hydroxyl groups is 1. The van der Waals surface area contributed by atoms with Gasteiger partial charge in [0.1, 0.15) is 0 Å². The SMILES string of the molecule is Cc1nnccc1C(=O)COc1ccc(Br)c(F)c1O. The van der Waals surface area contributed by atoms with Gasteiger partial charge in [0.05, 0.1) is 16.4 Å². The standard InChI is InChI=1S/C13H10BrFN2O3/c1-7-8(4-5-16-17-7)10(18)6-20-11-3-2-9(14)12(15)13(11)19/h2-5,19H,6H2,1H3. The molecule has 7 heteroatoms. The zero-order valence-corrected chi connectivity index (χ0v) is 12.0. The second-order valence-corrected chi connectivity index (χ2v) is 4.80. The number of aryl methyl sites for hydroxylation is 1. The average molecular weight is 341 g/mol. The summed E-state index contributed by atoms with van der Waals surface area (Å²) in [6, 6.07) is 4.28. The first-order valence-electron chi connectivity index (χ1n) is 5.62. The molecule has 0 bridgehead atoms. The van der Waals surface area contributed by atoms with Crippen molar-refractivity contribution in [3.63, 3.8) is 0 Å². The summed E-state index contributed by atoms with van der Waals surface area (Å²) in [4.78, 5) is 11.9. The van der Waals surface area contributed by atoms with Gasteiger partial charge in [-0.15, -0.1) is 0 Å². The number of ether oxygens (including phenoxy) is 1. The fraction of sp³-hybridized carbons (Fsp3) is 0.154. The average Bonchev–Trinajstić information content (AvgIpc) is 2.44. The first kappa shape index (κ1) is 14.4. The molecule has 0 aliphatic rings. The van der Waals surface area contributed by atoms with E-state index in [-0.39, 0.29) is 22.6 Å². The Balaban J connectivity index is 2.12. The second kappa shape index (κ2) is 5.96. The lowest BCUT2D eigenvalue weighted by Gasteiger charge is -2.09. The minimum Gasteiger partial charge on any atom is -0.502 e. The Morgan fingerprint density at radius 1 is 1.45 bits per heavy atom. The fourth-order valence-electron chi connectivity index (χ4n) is 1.56. The maximum atomic E-state index is 13.4. The van der Waals surface area contributed by atoms with Gasteiger partial charge in [0.25, 0.3) is 0 Å². The Morgan fingerprint density at radius 3 is 2.90 bits per heavy atom. The van der Waals surface area contributed by atoms with E-state index in [0.717, 1.165) is 0 Å². The summed E-state index contributed by atoms with van der Waals surface area (Å²) < 4.78 is 18.7. The molecule has 0 spiro atoms. The Morgan fingerprint density at radius 2 is 2.20 bits per heavy atom. The van der Waals surface area contributed by atoms with Crippen LogP contribution in [0.3, 0.4) is 0 Å². The Labute approximate surface area is 122 Å². The zero-order valence-electron chi connectivity index (χ0n) is 10.4. The molecule has 0 unspecified atom stereocenters. The third-order valence-corrected chi connectivity index (χ3v) is 3.21. The highest BCUT2D eigenvalue weighted by molar-refractivity contribution is 9.10. The molecule has 1 N–H and O–H groups in total. The van der Waals surface area contributed by atoms with Gasteiger partial charge >= 0.3 is 0 Å². The number of aromatic nitrogens is 2. The normalized spacial score (nSPS) is 10.3. The molecule has 0 fully saturated rings. The van der Waals surface area contributed by atoms with E-state index in [2.05, 4.69) is 26.1 Å². The lowest BCUT2D eigenvalue weighted by molar-refractivity contribution is 0.0918. The molecule has 0 aliphatic carbocycles. The third kappa shape index (κ3) is 2.93. The first-order chi connectivity index (χ1) is 9.50. The monoisotopic (exact) mass is 340 g/mol. The molecule has 0 saturated carbocycles. The highest BCUT2D eigenvalue weighted by atomic mass is 79.9. The van der Waals surface area contributed by atoms with Gasteiger partial charge in [0.2, 0.25) is 5.78 Å². The van der Waals surface area contributed by atoms with Crippen molar-refractivity contribution < 1.29 is 19.0 Å². The van der Waals surface area contributed by atoms with E-state index in [9.17, 15) is 14.3 Å². The molecule has 2 rings (SSSR count). The van der Waals surface area contributed by atoms with Crippen molar-refractivity contribution in [3.8, 4) is 11.5 Å². The number of ketones is 1. The maximum Gasteiger partial charge on any atom is 0.202 e. The van der Waals surface area contributed by atoms with Crippen molar-refractivity contribution >= 4 is 21.7 Å². The summed E-state index contributed by atoms with van der Waals surface area (Å²) in [5.41, 5.74) is 0.851. The fourth-order valence-corrected chi connectivity index (χ4v) is 1.88. The number of nitrogens with zero attached hydrogens (tertiary/aromatic N) is 2. The van der Waals surface area contributed by atoms with Crippen molar-refractivity contribution in [2.45, 2.75) is 6.92 Å². The van der Waals surface area contributed by atoms with Gasteiger partial charge in [0.15, 0.2) is 23.9 Å². The molecular formula is C13H10BrFN2O3. The number of phenolic OH excluding ortho intramolecular Hbond substituents is 1. The molecule has 0 radical (unpaired) electrons. The van der Waals surface area contributed by atoms with Crippen LogP contribution in [-0.2, 0) is 0 Å². The third-order valence-electron chi connectivity index (χ3n) is 2.60. The van der Waals surface area contributed by atoms with E-state index in [1.165, 1.54) is 24.4 Å². The molecular weight excluding hydrogens is 331 g/mol. The van der Waals surface area contributed by atoms with Crippen LogP contribution in [0.5, 0.6) is 11.5 Å². The van der Waals surface area contributed by atoms with Crippen LogP contribution in [0, 0.1) is 12.7 Å².